The van der Waals surface area contributed by atoms with Gasteiger partial charge in [0.25, 0.3) is 0 Å². The molecule has 1 heterocycles. The van der Waals surface area contributed by atoms with Crippen LogP contribution in [0.15, 0.2) is 24.3 Å². The summed E-state index contributed by atoms with van der Waals surface area (Å²) in [7, 11) is 2.15. The lowest BCUT2D eigenvalue weighted by Crippen LogP contribution is -2.36. The fourth-order valence-corrected chi connectivity index (χ4v) is 2.08. The Labute approximate surface area is 104 Å². The Kier molecular flexibility index (Phi) is 6.22. The van der Waals surface area contributed by atoms with Crippen LogP contribution in [0.3, 0.4) is 0 Å². The van der Waals surface area contributed by atoms with E-state index in [2.05, 4.69) is 36.2 Å². The third-order valence-corrected chi connectivity index (χ3v) is 2.90. The minimum Gasteiger partial charge on any atom is -0.329 e. The molecule has 0 saturated heterocycles. The van der Waals surface area contributed by atoms with E-state index in [0.717, 1.165) is 13.0 Å². The van der Waals surface area contributed by atoms with Crippen molar-refractivity contribution in [1.29, 1.82) is 0 Å². The van der Waals surface area contributed by atoms with Crippen LogP contribution in [0.25, 0.3) is 0 Å². The van der Waals surface area contributed by atoms with Gasteiger partial charge in [-0.15, -0.1) is 24.8 Å². The number of hydrogen-bond acceptors (Lipinski definition) is 2. The van der Waals surface area contributed by atoms with Crippen molar-refractivity contribution in [3.8, 4) is 0 Å². The van der Waals surface area contributed by atoms with Crippen LogP contribution in [0.5, 0.6) is 0 Å². The summed E-state index contributed by atoms with van der Waals surface area (Å²) in [4.78, 5) is 2.34. The predicted octanol–water partition coefficient (Wildman–Crippen LogP) is 2.02. The molecular formula is C11H18Cl2N2. The molecule has 1 aliphatic rings. The Morgan fingerprint density at radius 3 is 2.67 bits per heavy atom. The van der Waals surface area contributed by atoms with Crippen molar-refractivity contribution in [2.45, 2.75) is 12.5 Å². The number of fused-ring (bicyclic) bond motifs is 1. The highest BCUT2D eigenvalue weighted by Gasteiger charge is 2.22. The van der Waals surface area contributed by atoms with E-state index in [1.807, 2.05) is 0 Å². The first-order valence-electron chi connectivity index (χ1n) is 4.81. The number of hydrogen-bond donors (Lipinski definition) is 1. The van der Waals surface area contributed by atoms with Gasteiger partial charge in [-0.2, -0.15) is 0 Å². The van der Waals surface area contributed by atoms with Gasteiger partial charge in [0.05, 0.1) is 0 Å². The molecule has 0 aliphatic carbocycles. The van der Waals surface area contributed by atoms with Crippen LogP contribution in [0.2, 0.25) is 0 Å². The third-order valence-electron chi connectivity index (χ3n) is 2.90. The van der Waals surface area contributed by atoms with Gasteiger partial charge in [-0.05, 0) is 24.6 Å². The summed E-state index contributed by atoms with van der Waals surface area (Å²) in [6.45, 7) is 1.84. The lowest BCUT2D eigenvalue weighted by molar-refractivity contribution is 0.236. The molecule has 0 spiro atoms. The van der Waals surface area contributed by atoms with Gasteiger partial charge in [0.15, 0.2) is 0 Å². The number of likely N-dealkylation sites (N-methyl/N-ethyl adjacent to an activating group) is 1. The quantitative estimate of drug-likeness (QED) is 0.825. The Balaban J connectivity index is 0.000000980. The third kappa shape index (κ3) is 2.85. The highest BCUT2D eigenvalue weighted by molar-refractivity contribution is 5.85. The van der Waals surface area contributed by atoms with Gasteiger partial charge in [-0.3, -0.25) is 4.90 Å². The zero-order valence-corrected chi connectivity index (χ0v) is 10.5. The Bertz CT molecular complexity index is 304. The van der Waals surface area contributed by atoms with Crippen molar-refractivity contribution in [1.82, 2.24) is 4.90 Å². The van der Waals surface area contributed by atoms with E-state index in [1.54, 1.807) is 0 Å². The Morgan fingerprint density at radius 2 is 2.00 bits per heavy atom. The molecule has 0 saturated carbocycles. The monoisotopic (exact) mass is 248 g/mol. The normalized spacial score (nSPS) is 19.7. The Morgan fingerprint density at radius 1 is 1.33 bits per heavy atom. The fraction of sp³-hybridized carbons (Fsp3) is 0.455. The lowest BCUT2D eigenvalue weighted by atomic mass is 9.93. The van der Waals surface area contributed by atoms with Crippen LogP contribution in [0, 0.1) is 0 Å². The summed E-state index contributed by atoms with van der Waals surface area (Å²) < 4.78 is 0. The lowest BCUT2D eigenvalue weighted by Gasteiger charge is -2.33. The maximum absolute atomic E-state index is 5.77. The van der Waals surface area contributed by atoms with Crippen LogP contribution in [0.1, 0.15) is 17.2 Å². The van der Waals surface area contributed by atoms with Crippen molar-refractivity contribution in [3.05, 3.63) is 35.4 Å². The second-order valence-corrected chi connectivity index (χ2v) is 3.68. The summed E-state index contributed by atoms with van der Waals surface area (Å²) in [5.74, 6) is 0. The highest BCUT2D eigenvalue weighted by Crippen LogP contribution is 2.26. The number of nitrogens with zero attached hydrogens (tertiary/aromatic N) is 1. The molecule has 1 aromatic carbocycles. The topological polar surface area (TPSA) is 29.3 Å². The molecule has 0 amide bonds. The summed E-state index contributed by atoms with van der Waals surface area (Å²) >= 11 is 0. The fourth-order valence-electron chi connectivity index (χ4n) is 2.08. The van der Waals surface area contributed by atoms with Crippen LogP contribution in [0.4, 0.5) is 0 Å². The minimum atomic E-state index is 0. The van der Waals surface area contributed by atoms with E-state index in [0.29, 0.717) is 12.6 Å². The van der Waals surface area contributed by atoms with E-state index >= 15 is 0 Å². The van der Waals surface area contributed by atoms with E-state index in [1.165, 1.54) is 11.1 Å². The zero-order chi connectivity index (χ0) is 9.26. The van der Waals surface area contributed by atoms with Crippen LogP contribution < -0.4 is 5.73 Å². The van der Waals surface area contributed by atoms with E-state index in [-0.39, 0.29) is 24.8 Å². The molecule has 0 aromatic heterocycles. The maximum atomic E-state index is 5.77. The molecular weight excluding hydrogens is 231 g/mol. The summed E-state index contributed by atoms with van der Waals surface area (Å²) in [6.07, 6.45) is 1.16. The standard InChI is InChI=1S/C11H16N2.2ClH/c1-13-7-6-9-4-2-3-5-10(9)11(13)8-12;;/h2-5,11H,6-8,12H2,1H3;2*1H. The zero-order valence-electron chi connectivity index (χ0n) is 8.85. The molecule has 2 rings (SSSR count). The van der Waals surface area contributed by atoms with Crippen LogP contribution >= 0.6 is 24.8 Å². The highest BCUT2D eigenvalue weighted by atomic mass is 35.5. The van der Waals surface area contributed by atoms with Gasteiger partial charge in [-0.25, -0.2) is 0 Å². The van der Waals surface area contributed by atoms with Gasteiger partial charge in [-0.1, -0.05) is 24.3 Å². The predicted molar refractivity (Wildman–Crippen MR) is 69.1 cm³/mol. The van der Waals surface area contributed by atoms with E-state index in [9.17, 15) is 0 Å². The maximum Gasteiger partial charge on any atom is 0.0470 e. The molecule has 86 valence electrons. The summed E-state index contributed by atoms with van der Waals surface area (Å²) in [5.41, 5.74) is 8.65. The average molecular weight is 249 g/mol. The smallest absolute Gasteiger partial charge is 0.0470 e. The molecule has 1 aliphatic heterocycles. The second-order valence-electron chi connectivity index (χ2n) is 3.68. The molecule has 2 nitrogen and oxygen atoms in total. The second kappa shape index (κ2) is 6.33. The molecule has 0 fully saturated rings. The molecule has 1 aromatic rings. The Hall–Kier alpha value is -0.280. The van der Waals surface area contributed by atoms with Gasteiger partial charge in [0, 0.05) is 19.1 Å². The largest absolute Gasteiger partial charge is 0.329 e. The number of rotatable bonds is 1. The minimum absolute atomic E-state index is 0. The van der Waals surface area contributed by atoms with Crippen LogP contribution in [-0.4, -0.2) is 25.0 Å². The SMILES string of the molecule is CN1CCc2ccccc2C1CN.Cl.Cl. The number of benzene rings is 1. The van der Waals surface area contributed by atoms with Crippen LogP contribution in [-0.2, 0) is 6.42 Å². The van der Waals surface area contributed by atoms with E-state index in [4.69, 9.17) is 5.73 Å². The van der Waals surface area contributed by atoms with E-state index < -0.39 is 0 Å². The molecule has 1 atom stereocenters. The first kappa shape index (κ1) is 14.7. The van der Waals surface area contributed by atoms with Gasteiger partial charge < -0.3 is 5.73 Å². The molecule has 4 heteroatoms. The molecule has 0 radical (unpaired) electrons. The summed E-state index contributed by atoms with van der Waals surface area (Å²) in [6, 6.07) is 9.04. The molecule has 1 unspecified atom stereocenters. The van der Waals surface area contributed by atoms with Crippen molar-refractivity contribution >= 4 is 24.8 Å². The average Bonchev–Trinajstić information content (AvgIpc) is 2.18. The van der Waals surface area contributed by atoms with Crippen molar-refractivity contribution in [3.63, 3.8) is 0 Å². The van der Waals surface area contributed by atoms with Gasteiger partial charge >= 0.3 is 0 Å². The summed E-state index contributed by atoms with van der Waals surface area (Å²) in [5, 5.41) is 0. The first-order chi connectivity index (χ1) is 6.33. The molecule has 0 bridgehead atoms. The van der Waals surface area contributed by atoms with Crippen molar-refractivity contribution < 1.29 is 0 Å². The molecule has 15 heavy (non-hydrogen) atoms. The first-order valence-corrected chi connectivity index (χ1v) is 4.81. The number of nitrogens with two attached hydrogens (primary N) is 1. The van der Waals surface area contributed by atoms with Crippen molar-refractivity contribution in [2.24, 2.45) is 5.73 Å². The van der Waals surface area contributed by atoms with Gasteiger partial charge in [0.2, 0.25) is 0 Å². The number of halogens is 2. The molecule has 2 N–H and O–H groups in total. The van der Waals surface area contributed by atoms with Gasteiger partial charge in [0.1, 0.15) is 0 Å². The van der Waals surface area contributed by atoms with Crippen molar-refractivity contribution in [2.75, 3.05) is 20.1 Å².